The van der Waals surface area contributed by atoms with Gasteiger partial charge in [0.15, 0.2) is 0 Å². The van der Waals surface area contributed by atoms with Crippen LogP contribution in [0.1, 0.15) is 11.1 Å². The number of rotatable bonds is 4. The Bertz CT molecular complexity index is 1180. The van der Waals surface area contributed by atoms with E-state index in [1.807, 2.05) is 49.3 Å². The van der Waals surface area contributed by atoms with Crippen LogP contribution in [-0.2, 0) is 10.0 Å². The minimum absolute atomic E-state index is 0.392. The second-order valence-electron chi connectivity index (χ2n) is 8.20. The Morgan fingerprint density at radius 3 is 2.20 bits per heavy atom. The Hall–Kier alpha value is -2.57. The van der Waals surface area contributed by atoms with Crippen molar-refractivity contribution in [2.24, 2.45) is 0 Å². The number of benzene rings is 3. The maximum absolute atomic E-state index is 13.5. The van der Waals surface area contributed by atoms with Crippen LogP contribution in [0.2, 0.25) is 0 Å². The lowest BCUT2D eigenvalue weighted by Crippen LogP contribution is -2.48. The first kappa shape index (κ1) is 20.7. The number of aryl methyl sites for hydroxylation is 2. The van der Waals surface area contributed by atoms with E-state index in [0.717, 1.165) is 16.5 Å². The molecule has 5 nitrogen and oxygen atoms in total. The van der Waals surface area contributed by atoms with Gasteiger partial charge in [0.2, 0.25) is 10.0 Å². The highest BCUT2D eigenvalue weighted by atomic mass is 32.2. The highest BCUT2D eigenvalue weighted by molar-refractivity contribution is 7.89. The lowest BCUT2D eigenvalue weighted by Gasteiger charge is -2.36. The molecular weight excluding hydrogens is 394 g/mol. The summed E-state index contributed by atoms with van der Waals surface area (Å²) in [7, 11) is 0.382. The third-order valence-electron chi connectivity index (χ3n) is 5.90. The third kappa shape index (κ3) is 3.66. The topological polar surface area (TPSA) is 43.9 Å². The van der Waals surface area contributed by atoms with Gasteiger partial charge in [-0.2, -0.15) is 4.31 Å². The zero-order valence-corrected chi connectivity index (χ0v) is 18.9. The number of sulfonamides is 1. The van der Waals surface area contributed by atoms with E-state index < -0.39 is 10.0 Å². The molecule has 1 aliphatic heterocycles. The summed E-state index contributed by atoms with van der Waals surface area (Å²) in [6, 6.07) is 17.8. The molecule has 1 heterocycles. The van der Waals surface area contributed by atoms with E-state index in [9.17, 15) is 8.42 Å². The molecule has 0 amide bonds. The van der Waals surface area contributed by atoms with E-state index in [-0.39, 0.29) is 0 Å². The molecule has 0 aromatic heterocycles. The van der Waals surface area contributed by atoms with E-state index in [0.29, 0.717) is 31.1 Å². The highest BCUT2D eigenvalue weighted by Gasteiger charge is 2.30. The molecule has 0 unspecified atom stereocenters. The molecule has 1 aliphatic rings. The summed E-state index contributed by atoms with van der Waals surface area (Å²) in [6.07, 6.45) is 0. The zero-order valence-electron chi connectivity index (χ0n) is 18.1. The monoisotopic (exact) mass is 423 g/mol. The third-order valence-corrected chi connectivity index (χ3v) is 7.86. The Morgan fingerprint density at radius 1 is 0.833 bits per heavy atom. The number of hydrogen-bond donors (Lipinski definition) is 0. The number of fused-ring (bicyclic) bond motifs is 1. The fourth-order valence-electron chi connectivity index (χ4n) is 4.25. The fraction of sp³-hybridized carbons (Fsp3) is 0.333. The molecule has 0 radical (unpaired) electrons. The van der Waals surface area contributed by atoms with E-state index in [2.05, 4.69) is 36.9 Å². The summed E-state index contributed by atoms with van der Waals surface area (Å²) in [4.78, 5) is 4.70. The van der Waals surface area contributed by atoms with Crippen LogP contribution < -0.4 is 9.80 Å². The van der Waals surface area contributed by atoms with Crippen molar-refractivity contribution in [1.29, 1.82) is 0 Å². The minimum atomic E-state index is -3.57. The average molecular weight is 424 g/mol. The van der Waals surface area contributed by atoms with Gasteiger partial charge < -0.3 is 9.80 Å². The maximum Gasteiger partial charge on any atom is 0.243 e. The first-order valence-corrected chi connectivity index (χ1v) is 11.7. The summed E-state index contributed by atoms with van der Waals surface area (Å²) in [5.74, 6) is 0. The number of piperazine rings is 1. The molecule has 0 aliphatic carbocycles. The molecule has 3 aromatic carbocycles. The molecule has 6 heteroatoms. The van der Waals surface area contributed by atoms with Crippen LogP contribution in [-0.4, -0.2) is 53.0 Å². The van der Waals surface area contributed by atoms with Gasteiger partial charge in [-0.15, -0.1) is 0 Å². The van der Waals surface area contributed by atoms with Crippen LogP contribution in [0.3, 0.4) is 0 Å². The van der Waals surface area contributed by atoms with E-state index in [1.54, 1.807) is 10.4 Å². The van der Waals surface area contributed by atoms with Gasteiger partial charge in [-0.3, -0.25) is 0 Å². The van der Waals surface area contributed by atoms with Crippen LogP contribution in [0.25, 0.3) is 10.8 Å². The van der Waals surface area contributed by atoms with Crippen molar-refractivity contribution in [3.63, 3.8) is 0 Å². The molecule has 0 bridgehead atoms. The summed E-state index contributed by atoms with van der Waals surface area (Å²) < 4.78 is 28.7. The fourth-order valence-corrected chi connectivity index (χ4v) is 5.88. The van der Waals surface area contributed by atoms with Crippen molar-refractivity contribution in [2.75, 3.05) is 50.1 Å². The Kier molecular flexibility index (Phi) is 5.47. The molecule has 0 spiro atoms. The average Bonchev–Trinajstić information content (AvgIpc) is 2.74. The molecule has 0 atom stereocenters. The molecule has 0 N–H and O–H groups in total. The van der Waals surface area contributed by atoms with E-state index >= 15 is 0 Å². The van der Waals surface area contributed by atoms with Gasteiger partial charge in [-0.05, 0) is 43.2 Å². The summed E-state index contributed by atoms with van der Waals surface area (Å²) in [5, 5.41) is 1.73. The number of hydrogen-bond acceptors (Lipinski definition) is 4. The van der Waals surface area contributed by atoms with Gasteiger partial charge in [0.05, 0.1) is 4.90 Å². The van der Waals surface area contributed by atoms with Crippen LogP contribution in [0.15, 0.2) is 59.5 Å². The first-order chi connectivity index (χ1) is 14.3. The van der Waals surface area contributed by atoms with Gasteiger partial charge >= 0.3 is 0 Å². The highest BCUT2D eigenvalue weighted by Crippen LogP contribution is 2.32. The molecule has 4 rings (SSSR count). The van der Waals surface area contributed by atoms with Gasteiger partial charge in [0.1, 0.15) is 0 Å². The minimum Gasteiger partial charge on any atom is -0.377 e. The first-order valence-electron chi connectivity index (χ1n) is 10.3. The van der Waals surface area contributed by atoms with Crippen molar-refractivity contribution in [3.8, 4) is 0 Å². The van der Waals surface area contributed by atoms with Crippen LogP contribution in [0.4, 0.5) is 11.4 Å². The Balaban J connectivity index is 1.63. The van der Waals surface area contributed by atoms with Crippen LogP contribution >= 0.6 is 0 Å². The van der Waals surface area contributed by atoms with Gasteiger partial charge in [-0.1, -0.05) is 36.4 Å². The lowest BCUT2D eigenvalue weighted by molar-refractivity contribution is 0.385. The predicted octanol–water partition coefficient (Wildman–Crippen LogP) is 4.03. The molecule has 1 saturated heterocycles. The number of anilines is 2. The van der Waals surface area contributed by atoms with E-state index in [1.165, 1.54) is 16.8 Å². The van der Waals surface area contributed by atoms with Crippen molar-refractivity contribution >= 4 is 32.2 Å². The molecular formula is C24H29N3O2S. The van der Waals surface area contributed by atoms with Gasteiger partial charge in [0.25, 0.3) is 0 Å². The molecule has 30 heavy (non-hydrogen) atoms. The largest absolute Gasteiger partial charge is 0.377 e. The second-order valence-corrected chi connectivity index (χ2v) is 10.1. The smallest absolute Gasteiger partial charge is 0.243 e. The van der Waals surface area contributed by atoms with Crippen molar-refractivity contribution in [1.82, 2.24) is 4.31 Å². The van der Waals surface area contributed by atoms with Crippen LogP contribution in [0.5, 0.6) is 0 Å². The van der Waals surface area contributed by atoms with Crippen molar-refractivity contribution in [3.05, 3.63) is 65.7 Å². The second kappa shape index (κ2) is 7.93. The van der Waals surface area contributed by atoms with Crippen LogP contribution in [0, 0.1) is 13.8 Å². The maximum atomic E-state index is 13.5. The zero-order chi connectivity index (χ0) is 21.5. The van der Waals surface area contributed by atoms with Crippen molar-refractivity contribution < 1.29 is 8.42 Å². The normalized spacial score (nSPS) is 15.5. The molecule has 1 fully saturated rings. The summed E-state index contributed by atoms with van der Waals surface area (Å²) in [6.45, 7) is 6.55. The summed E-state index contributed by atoms with van der Waals surface area (Å²) in [5.41, 5.74) is 4.66. The predicted molar refractivity (Wildman–Crippen MR) is 125 cm³/mol. The lowest BCUT2D eigenvalue weighted by atomic mass is 10.1. The standard InChI is InChI=1S/C24H29N3O2S/c1-18-11-12-19(2)23(17-18)26-13-15-27(16-14-26)30(28,29)24-10-6-7-20-21(24)8-5-9-22(20)25(3)4/h5-12,17H,13-16H2,1-4H3. The SMILES string of the molecule is Cc1ccc(C)c(N2CCN(S(=O)(=O)c3cccc4c(N(C)C)cccc34)CC2)c1. The molecule has 3 aromatic rings. The molecule has 158 valence electrons. The van der Waals surface area contributed by atoms with Gasteiger partial charge in [-0.25, -0.2) is 8.42 Å². The van der Waals surface area contributed by atoms with Gasteiger partial charge in [0, 0.05) is 62.4 Å². The Labute approximate surface area is 179 Å². The van der Waals surface area contributed by atoms with E-state index in [4.69, 9.17) is 0 Å². The quantitative estimate of drug-likeness (QED) is 0.635. The summed E-state index contributed by atoms with van der Waals surface area (Å²) >= 11 is 0. The number of nitrogens with zero attached hydrogens (tertiary/aromatic N) is 3. The van der Waals surface area contributed by atoms with Crippen molar-refractivity contribution in [2.45, 2.75) is 18.7 Å². The molecule has 0 saturated carbocycles. The Morgan fingerprint density at radius 2 is 1.50 bits per heavy atom.